The Labute approximate surface area is 144 Å². The minimum Gasteiger partial charge on any atom is -0.326 e. The third kappa shape index (κ3) is 4.04. The molecule has 24 heavy (non-hydrogen) atoms. The maximum atomic E-state index is 12.1. The highest BCUT2D eigenvalue weighted by molar-refractivity contribution is 7.09. The molecule has 3 rings (SSSR count). The highest BCUT2D eigenvalue weighted by atomic mass is 32.1. The second-order valence-electron chi connectivity index (χ2n) is 5.50. The maximum Gasteiger partial charge on any atom is 0.230 e. The Balaban J connectivity index is 1.62. The molecule has 122 valence electrons. The summed E-state index contributed by atoms with van der Waals surface area (Å²) in [5.41, 5.74) is 9.47. The second-order valence-corrected chi connectivity index (χ2v) is 6.39. The van der Waals surface area contributed by atoms with Gasteiger partial charge in [0.15, 0.2) is 0 Å². The molecule has 1 aromatic carbocycles. The molecule has 0 fully saturated rings. The SMILES string of the molecule is CC(N)c1nc(CC(=O)Nc2ccc(-c3ccncc3)cc2)cs1. The Morgan fingerprint density at radius 3 is 2.46 bits per heavy atom. The van der Waals surface area contributed by atoms with Gasteiger partial charge in [-0.05, 0) is 42.3 Å². The number of rotatable bonds is 5. The van der Waals surface area contributed by atoms with Crippen molar-refractivity contribution in [3.63, 3.8) is 0 Å². The van der Waals surface area contributed by atoms with Crippen LogP contribution in [0.1, 0.15) is 23.7 Å². The van der Waals surface area contributed by atoms with Gasteiger partial charge in [-0.25, -0.2) is 4.98 Å². The molecule has 3 N–H and O–H groups in total. The van der Waals surface area contributed by atoms with Crippen LogP contribution in [0.15, 0.2) is 54.2 Å². The van der Waals surface area contributed by atoms with Crippen LogP contribution in [-0.2, 0) is 11.2 Å². The molecule has 5 nitrogen and oxygen atoms in total. The van der Waals surface area contributed by atoms with Crippen LogP contribution in [0.3, 0.4) is 0 Å². The largest absolute Gasteiger partial charge is 0.326 e. The van der Waals surface area contributed by atoms with Crippen molar-refractivity contribution in [1.82, 2.24) is 9.97 Å². The molecule has 0 radical (unpaired) electrons. The van der Waals surface area contributed by atoms with E-state index in [1.165, 1.54) is 11.3 Å². The third-order valence-corrected chi connectivity index (χ3v) is 4.58. The molecule has 0 aliphatic heterocycles. The Kier molecular flexibility index (Phi) is 4.98. The predicted molar refractivity (Wildman–Crippen MR) is 96.7 cm³/mol. The normalized spacial score (nSPS) is 11.9. The summed E-state index contributed by atoms with van der Waals surface area (Å²) in [6.07, 6.45) is 3.76. The van der Waals surface area contributed by atoms with Gasteiger partial charge < -0.3 is 11.1 Å². The second kappa shape index (κ2) is 7.33. The zero-order chi connectivity index (χ0) is 16.9. The maximum absolute atomic E-state index is 12.1. The van der Waals surface area contributed by atoms with Gasteiger partial charge in [0.05, 0.1) is 18.2 Å². The summed E-state index contributed by atoms with van der Waals surface area (Å²) >= 11 is 1.48. The Bertz CT molecular complexity index is 813. The van der Waals surface area contributed by atoms with Crippen LogP contribution in [-0.4, -0.2) is 15.9 Å². The lowest BCUT2D eigenvalue weighted by molar-refractivity contribution is -0.115. The first kappa shape index (κ1) is 16.3. The number of amides is 1. The van der Waals surface area contributed by atoms with Crippen LogP contribution in [0.5, 0.6) is 0 Å². The van der Waals surface area contributed by atoms with E-state index in [0.29, 0.717) is 0 Å². The first-order valence-electron chi connectivity index (χ1n) is 7.62. The summed E-state index contributed by atoms with van der Waals surface area (Å²) in [6, 6.07) is 11.5. The molecule has 1 amide bonds. The van der Waals surface area contributed by atoms with E-state index >= 15 is 0 Å². The summed E-state index contributed by atoms with van der Waals surface area (Å²) in [4.78, 5) is 20.5. The van der Waals surface area contributed by atoms with E-state index in [0.717, 1.165) is 27.5 Å². The van der Waals surface area contributed by atoms with Crippen molar-refractivity contribution in [1.29, 1.82) is 0 Å². The van der Waals surface area contributed by atoms with Gasteiger partial charge in [-0.15, -0.1) is 11.3 Å². The van der Waals surface area contributed by atoms with Gasteiger partial charge in [0.25, 0.3) is 0 Å². The number of benzene rings is 1. The average molecular weight is 338 g/mol. The lowest BCUT2D eigenvalue weighted by Crippen LogP contribution is -2.14. The molecule has 3 aromatic rings. The van der Waals surface area contributed by atoms with E-state index in [2.05, 4.69) is 15.3 Å². The highest BCUT2D eigenvalue weighted by Crippen LogP contribution is 2.21. The lowest BCUT2D eigenvalue weighted by atomic mass is 10.1. The first-order chi connectivity index (χ1) is 11.6. The summed E-state index contributed by atoms with van der Waals surface area (Å²) < 4.78 is 0. The highest BCUT2D eigenvalue weighted by Gasteiger charge is 2.10. The molecule has 0 aliphatic rings. The number of carbonyl (C=O) groups excluding carboxylic acids is 1. The van der Waals surface area contributed by atoms with Crippen molar-refractivity contribution in [3.8, 4) is 11.1 Å². The van der Waals surface area contributed by atoms with Crippen LogP contribution >= 0.6 is 11.3 Å². The minimum absolute atomic E-state index is 0.0896. The number of pyridine rings is 1. The van der Waals surface area contributed by atoms with Crippen molar-refractivity contribution in [3.05, 3.63) is 64.9 Å². The van der Waals surface area contributed by atoms with Crippen LogP contribution in [0.4, 0.5) is 5.69 Å². The fourth-order valence-corrected chi connectivity index (χ4v) is 3.05. The van der Waals surface area contributed by atoms with E-state index in [9.17, 15) is 4.79 Å². The smallest absolute Gasteiger partial charge is 0.230 e. The van der Waals surface area contributed by atoms with Gasteiger partial charge in [0.1, 0.15) is 5.01 Å². The topological polar surface area (TPSA) is 80.9 Å². The van der Waals surface area contributed by atoms with Gasteiger partial charge in [-0.3, -0.25) is 9.78 Å². The molecule has 1 unspecified atom stereocenters. The molecule has 2 heterocycles. The molecule has 1 atom stereocenters. The van der Waals surface area contributed by atoms with Crippen molar-refractivity contribution in [2.75, 3.05) is 5.32 Å². The van der Waals surface area contributed by atoms with Gasteiger partial charge in [-0.1, -0.05) is 12.1 Å². The van der Waals surface area contributed by atoms with Crippen LogP contribution in [0.25, 0.3) is 11.1 Å². The molecule has 2 aromatic heterocycles. The monoisotopic (exact) mass is 338 g/mol. The number of nitrogens with two attached hydrogens (primary N) is 1. The number of hydrogen-bond acceptors (Lipinski definition) is 5. The van der Waals surface area contributed by atoms with Crippen molar-refractivity contribution in [2.24, 2.45) is 5.73 Å². The lowest BCUT2D eigenvalue weighted by Gasteiger charge is -2.06. The zero-order valence-corrected chi connectivity index (χ0v) is 14.1. The van der Waals surface area contributed by atoms with Crippen molar-refractivity contribution in [2.45, 2.75) is 19.4 Å². The molecule has 0 spiro atoms. The first-order valence-corrected chi connectivity index (χ1v) is 8.50. The number of carbonyl (C=O) groups is 1. The van der Waals surface area contributed by atoms with Gasteiger partial charge >= 0.3 is 0 Å². The van der Waals surface area contributed by atoms with Crippen LogP contribution in [0, 0.1) is 0 Å². The molecular formula is C18H18N4OS. The number of anilines is 1. The standard InChI is InChI=1S/C18H18N4OS/c1-12(19)18-22-16(11-24-18)10-17(23)21-15-4-2-13(3-5-15)14-6-8-20-9-7-14/h2-9,11-12H,10,19H2,1H3,(H,21,23). The number of nitrogens with zero attached hydrogens (tertiary/aromatic N) is 2. The molecule has 6 heteroatoms. The number of nitrogens with one attached hydrogen (secondary N) is 1. The number of hydrogen-bond donors (Lipinski definition) is 2. The summed E-state index contributed by atoms with van der Waals surface area (Å²) in [7, 11) is 0. The van der Waals surface area contributed by atoms with Crippen LogP contribution in [0.2, 0.25) is 0 Å². The molecule has 0 bridgehead atoms. The van der Waals surface area contributed by atoms with E-state index < -0.39 is 0 Å². The van der Waals surface area contributed by atoms with E-state index in [1.807, 2.05) is 48.7 Å². The van der Waals surface area contributed by atoms with Gasteiger partial charge in [0.2, 0.25) is 5.91 Å². The van der Waals surface area contributed by atoms with E-state index in [1.54, 1.807) is 12.4 Å². The molecular weight excluding hydrogens is 320 g/mol. The average Bonchev–Trinajstić information content (AvgIpc) is 3.05. The molecule has 0 saturated heterocycles. The summed E-state index contributed by atoms with van der Waals surface area (Å²) in [6.45, 7) is 1.88. The Morgan fingerprint density at radius 1 is 1.17 bits per heavy atom. The number of thiazole rings is 1. The van der Waals surface area contributed by atoms with Crippen molar-refractivity contribution < 1.29 is 4.79 Å². The predicted octanol–water partition coefficient (Wildman–Crippen LogP) is 3.41. The van der Waals surface area contributed by atoms with Gasteiger partial charge in [-0.2, -0.15) is 0 Å². The fraction of sp³-hybridized carbons (Fsp3) is 0.167. The third-order valence-electron chi connectivity index (χ3n) is 3.48. The number of aromatic nitrogens is 2. The van der Waals surface area contributed by atoms with E-state index in [-0.39, 0.29) is 18.4 Å². The van der Waals surface area contributed by atoms with E-state index in [4.69, 9.17) is 5.73 Å². The zero-order valence-electron chi connectivity index (χ0n) is 13.3. The van der Waals surface area contributed by atoms with Crippen LogP contribution < -0.4 is 11.1 Å². The van der Waals surface area contributed by atoms with Crippen molar-refractivity contribution >= 4 is 22.9 Å². The fourth-order valence-electron chi connectivity index (χ4n) is 2.27. The van der Waals surface area contributed by atoms with Gasteiger partial charge in [0, 0.05) is 23.5 Å². The molecule has 0 aliphatic carbocycles. The minimum atomic E-state index is -0.104. The summed E-state index contributed by atoms with van der Waals surface area (Å²) in [5.74, 6) is -0.0896. The Morgan fingerprint density at radius 2 is 1.83 bits per heavy atom. The molecule has 0 saturated carbocycles. The Hall–Kier alpha value is -2.57. The summed E-state index contributed by atoms with van der Waals surface area (Å²) in [5, 5.41) is 5.62. The quantitative estimate of drug-likeness (QED) is 0.747.